The largest absolute Gasteiger partial charge is 0.492 e. The molecule has 8 heteroatoms. The van der Waals surface area contributed by atoms with Crippen molar-refractivity contribution in [3.8, 4) is 17.2 Å². The zero-order valence-electron chi connectivity index (χ0n) is 19.4. The van der Waals surface area contributed by atoms with Crippen molar-refractivity contribution in [1.82, 2.24) is 9.88 Å². The second kappa shape index (κ2) is 9.68. The maximum absolute atomic E-state index is 11.9. The number of carbonyl (C=O) groups excluding carboxylic acids is 1. The van der Waals surface area contributed by atoms with Crippen molar-refractivity contribution >= 4 is 34.1 Å². The number of likely N-dealkylation sites (tertiary alicyclic amines) is 1. The Morgan fingerprint density at radius 2 is 1.97 bits per heavy atom. The number of aryl methyl sites for hydroxylation is 1. The standard InChI is InChI=1S/C26H28ClN3O4/c1-17-3-5-20-23(8-6-21(27)26(20)28-17)32-14-13-30-11-9-18(10-12-30)34-19-4-7-24-22(15-19)29(2)25(31)16-33-24/h3-8,15,18H,9-14,16H2,1-2H3. The lowest BCUT2D eigenvalue weighted by Gasteiger charge is -2.32. The van der Waals surface area contributed by atoms with Gasteiger partial charge in [0.05, 0.1) is 16.2 Å². The first kappa shape index (κ1) is 22.7. The Labute approximate surface area is 204 Å². The summed E-state index contributed by atoms with van der Waals surface area (Å²) in [4.78, 5) is 20.5. The molecule has 0 N–H and O–H groups in total. The summed E-state index contributed by atoms with van der Waals surface area (Å²) in [7, 11) is 1.76. The Balaban J connectivity index is 1.12. The molecule has 1 saturated heterocycles. The fourth-order valence-corrected chi connectivity index (χ4v) is 4.64. The maximum atomic E-state index is 11.9. The molecular formula is C26H28ClN3O4. The van der Waals surface area contributed by atoms with E-state index in [-0.39, 0.29) is 18.6 Å². The first-order chi connectivity index (χ1) is 16.5. The Morgan fingerprint density at radius 3 is 2.79 bits per heavy atom. The summed E-state index contributed by atoms with van der Waals surface area (Å²) in [6.07, 6.45) is 2.03. The summed E-state index contributed by atoms with van der Waals surface area (Å²) < 4.78 is 17.8. The minimum Gasteiger partial charge on any atom is -0.492 e. The Hall–Kier alpha value is -3.03. The van der Waals surface area contributed by atoms with Gasteiger partial charge in [-0.05, 0) is 56.2 Å². The number of piperidine rings is 1. The van der Waals surface area contributed by atoms with Crippen molar-refractivity contribution in [2.45, 2.75) is 25.9 Å². The molecule has 34 heavy (non-hydrogen) atoms. The first-order valence-electron chi connectivity index (χ1n) is 11.6. The highest BCUT2D eigenvalue weighted by atomic mass is 35.5. The van der Waals surface area contributed by atoms with Gasteiger partial charge < -0.3 is 19.1 Å². The molecule has 0 unspecified atom stereocenters. The van der Waals surface area contributed by atoms with Crippen LogP contribution in [-0.4, -0.2) is 61.8 Å². The topological polar surface area (TPSA) is 64.1 Å². The zero-order valence-corrected chi connectivity index (χ0v) is 20.2. The van der Waals surface area contributed by atoms with Crippen LogP contribution in [0, 0.1) is 6.92 Å². The number of ether oxygens (including phenoxy) is 3. The minimum atomic E-state index is -0.0573. The molecule has 0 saturated carbocycles. The molecule has 0 spiro atoms. The molecule has 1 aromatic heterocycles. The molecule has 0 atom stereocenters. The SMILES string of the molecule is Cc1ccc2c(OCCN3CCC(Oc4ccc5c(c4)N(C)C(=O)CO5)CC3)ccc(Cl)c2n1. The van der Waals surface area contributed by atoms with Crippen molar-refractivity contribution in [1.29, 1.82) is 0 Å². The Morgan fingerprint density at radius 1 is 1.15 bits per heavy atom. The van der Waals surface area contributed by atoms with E-state index >= 15 is 0 Å². The Bertz CT molecular complexity index is 1210. The van der Waals surface area contributed by atoms with E-state index in [1.807, 2.05) is 49.4 Å². The van der Waals surface area contributed by atoms with Crippen LogP contribution in [0.1, 0.15) is 18.5 Å². The summed E-state index contributed by atoms with van der Waals surface area (Å²) in [5.41, 5.74) is 2.46. The van der Waals surface area contributed by atoms with E-state index in [0.717, 1.165) is 66.3 Å². The van der Waals surface area contributed by atoms with Gasteiger partial charge in [0.15, 0.2) is 6.61 Å². The smallest absolute Gasteiger partial charge is 0.264 e. The molecule has 1 amide bonds. The van der Waals surface area contributed by atoms with Crippen LogP contribution in [0.2, 0.25) is 5.02 Å². The molecular weight excluding hydrogens is 454 g/mol. The number of nitrogens with zero attached hydrogens (tertiary/aromatic N) is 3. The molecule has 0 radical (unpaired) electrons. The molecule has 2 aliphatic rings. The molecule has 0 aliphatic carbocycles. The number of likely N-dealkylation sites (N-methyl/N-ethyl adjacent to an activating group) is 1. The fourth-order valence-electron chi connectivity index (χ4n) is 4.43. The van der Waals surface area contributed by atoms with Crippen LogP contribution in [-0.2, 0) is 4.79 Å². The van der Waals surface area contributed by atoms with Crippen molar-refractivity contribution in [2.24, 2.45) is 0 Å². The number of carbonyl (C=O) groups is 1. The van der Waals surface area contributed by atoms with Gasteiger partial charge >= 0.3 is 0 Å². The van der Waals surface area contributed by atoms with Gasteiger partial charge in [-0.2, -0.15) is 0 Å². The second-order valence-corrected chi connectivity index (χ2v) is 9.18. The van der Waals surface area contributed by atoms with Crippen LogP contribution in [0.5, 0.6) is 17.2 Å². The predicted molar refractivity (Wildman–Crippen MR) is 132 cm³/mol. The van der Waals surface area contributed by atoms with Gasteiger partial charge in [0, 0.05) is 43.8 Å². The second-order valence-electron chi connectivity index (χ2n) is 8.77. The first-order valence-corrected chi connectivity index (χ1v) is 12.0. The molecule has 7 nitrogen and oxygen atoms in total. The third-order valence-corrected chi connectivity index (χ3v) is 6.73. The van der Waals surface area contributed by atoms with E-state index in [1.165, 1.54) is 0 Å². The molecule has 5 rings (SSSR count). The van der Waals surface area contributed by atoms with Crippen LogP contribution >= 0.6 is 11.6 Å². The number of fused-ring (bicyclic) bond motifs is 2. The molecule has 2 aromatic carbocycles. The van der Waals surface area contributed by atoms with E-state index in [4.69, 9.17) is 25.8 Å². The maximum Gasteiger partial charge on any atom is 0.264 e. The molecule has 178 valence electrons. The molecule has 1 fully saturated rings. The van der Waals surface area contributed by atoms with Crippen LogP contribution in [0.25, 0.3) is 10.9 Å². The van der Waals surface area contributed by atoms with Gasteiger partial charge in [-0.1, -0.05) is 11.6 Å². The van der Waals surface area contributed by atoms with Crippen molar-refractivity contribution < 1.29 is 19.0 Å². The number of hydrogen-bond donors (Lipinski definition) is 0. The number of rotatable bonds is 6. The van der Waals surface area contributed by atoms with E-state index in [0.29, 0.717) is 17.4 Å². The van der Waals surface area contributed by atoms with Gasteiger partial charge in [0.25, 0.3) is 5.91 Å². The lowest BCUT2D eigenvalue weighted by molar-refractivity contribution is -0.120. The van der Waals surface area contributed by atoms with Crippen LogP contribution in [0.4, 0.5) is 5.69 Å². The third-order valence-electron chi connectivity index (χ3n) is 6.43. The minimum absolute atomic E-state index is 0.0573. The average Bonchev–Trinajstić information content (AvgIpc) is 2.84. The highest BCUT2D eigenvalue weighted by Crippen LogP contribution is 2.35. The number of amides is 1. The Kier molecular flexibility index (Phi) is 6.48. The van der Waals surface area contributed by atoms with Gasteiger partial charge in [-0.25, -0.2) is 0 Å². The summed E-state index contributed by atoms with van der Waals surface area (Å²) in [6, 6.07) is 13.4. The molecule has 0 bridgehead atoms. The van der Waals surface area contributed by atoms with Crippen molar-refractivity contribution in [3.05, 3.63) is 53.2 Å². The van der Waals surface area contributed by atoms with E-state index in [2.05, 4.69) is 9.88 Å². The van der Waals surface area contributed by atoms with Crippen LogP contribution < -0.4 is 19.1 Å². The van der Waals surface area contributed by atoms with Crippen LogP contribution in [0.3, 0.4) is 0 Å². The lowest BCUT2D eigenvalue weighted by atomic mass is 10.1. The zero-order chi connectivity index (χ0) is 23.7. The van der Waals surface area contributed by atoms with Crippen LogP contribution in [0.15, 0.2) is 42.5 Å². The molecule has 3 heterocycles. The quantitative estimate of drug-likeness (QED) is 0.517. The third kappa shape index (κ3) is 4.76. The predicted octanol–water partition coefficient (Wildman–Crippen LogP) is 4.47. The van der Waals surface area contributed by atoms with E-state index < -0.39 is 0 Å². The monoisotopic (exact) mass is 481 g/mol. The number of benzene rings is 2. The van der Waals surface area contributed by atoms with E-state index in [9.17, 15) is 4.79 Å². The molecule has 3 aromatic rings. The summed E-state index contributed by atoms with van der Waals surface area (Å²) >= 11 is 6.32. The summed E-state index contributed by atoms with van der Waals surface area (Å²) in [5.74, 6) is 2.23. The number of halogens is 1. The average molecular weight is 482 g/mol. The number of anilines is 1. The highest BCUT2D eigenvalue weighted by molar-refractivity contribution is 6.35. The number of aromatic nitrogens is 1. The van der Waals surface area contributed by atoms with E-state index in [1.54, 1.807) is 11.9 Å². The fraction of sp³-hybridized carbons (Fsp3) is 0.385. The summed E-state index contributed by atoms with van der Waals surface area (Å²) in [5, 5.41) is 1.57. The number of hydrogen-bond acceptors (Lipinski definition) is 6. The highest BCUT2D eigenvalue weighted by Gasteiger charge is 2.24. The number of pyridine rings is 1. The van der Waals surface area contributed by atoms with Gasteiger partial charge in [-0.15, -0.1) is 0 Å². The summed E-state index contributed by atoms with van der Waals surface area (Å²) in [6.45, 7) is 5.37. The van der Waals surface area contributed by atoms with Gasteiger partial charge in [0.1, 0.15) is 30.0 Å². The van der Waals surface area contributed by atoms with Gasteiger partial charge in [0.2, 0.25) is 0 Å². The molecule has 2 aliphatic heterocycles. The van der Waals surface area contributed by atoms with Gasteiger partial charge in [-0.3, -0.25) is 14.7 Å². The van der Waals surface area contributed by atoms with Crippen molar-refractivity contribution in [3.63, 3.8) is 0 Å². The van der Waals surface area contributed by atoms with Crippen molar-refractivity contribution in [2.75, 3.05) is 44.8 Å². The lowest BCUT2D eigenvalue weighted by Crippen LogP contribution is -2.40. The normalized spacial score (nSPS) is 16.9.